The molecule has 4 N–H and O–H groups in total. The summed E-state index contributed by atoms with van der Waals surface area (Å²) in [6.45, 7) is 4.20. The van der Waals surface area contributed by atoms with Crippen molar-refractivity contribution in [3.05, 3.63) is 0 Å². The van der Waals surface area contributed by atoms with Crippen LogP contribution >= 0.6 is 0 Å². The van der Waals surface area contributed by atoms with E-state index in [-0.39, 0.29) is 12.6 Å². The lowest BCUT2D eigenvalue weighted by Crippen LogP contribution is -2.38. The molecule has 1 fully saturated rings. The minimum atomic E-state index is -0.112. The summed E-state index contributed by atoms with van der Waals surface area (Å²) in [7, 11) is 2.15. The van der Waals surface area contributed by atoms with Gasteiger partial charge in [0.1, 0.15) is 0 Å². The van der Waals surface area contributed by atoms with Gasteiger partial charge in [0, 0.05) is 19.1 Å². The number of likely N-dealkylation sites (tertiary alicyclic amines) is 1. The summed E-state index contributed by atoms with van der Waals surface area (Å²) in [5.74, 6) is 0.760. The van der Waals surface area contributed by atoms with E-state index < -0.39 is 0 Å². The smallest absolute Gasteiger partial charge is 0.0594 e. The van der Waals surface area contributed by atoms with Crippen LogP contribution in [0.5, 0.6) is 0 Å². The van der Waals surface area contributed by atoms with Gasteiger partial charge in [0.15, 0.2) is 0 Å². The number of hydrogen-bond acceptors (Lipinski definition) is 4. The summed E-state index contributed by atoms with van der Waals surface area (Å²) < 4.78 is 0. The molecular weight excluding hydrogens is 166 g/mol. The Labute approximate surface area is 80.1 Å². The van der Waals surface area contributed by atoms with Crippen molar-refractivity contribution in [3.8, 4) is 0 Å². The van der Waals surface area contributed by atoms with Crippen molar-refractivity contribution in [2.75, 3.05) is 39.8 Å². The van der Waals surface area contributed by atoms with Crippen LogP contribution in [0.25, 0.3) is 0 Å². The molecule has 78 valence electrons. The van der Waals surface area contributed by atoms with E-state index in [1.165, 1.54) is 19.5 Å². The molecule has 0 aliphatic carbocycles. The lowest BCUT2D eigenvalue weighted by Gasteiger charge is -2.13. The van der Waals surface area contributed by atoms with E-state index in [4.69, 9.17) is 10.8 Å². The molecule has 0 aromatic heterocycles. The third-order valence-electron chi connectivity index (χ3n) is 2.56. The monoisotopic (exact) mass is 187 g/mol. The Morgan fingerprint density at radius 2 is 2.46 bits per heavy atom. The minimum Gasteiger partial charge on any atom is -0.395 e. The zero-order chi connectivity index (χ0) is 9.68. The SMILES string of the molecule is CN1CCC(CNCC(N)CO)C1. The average molecular weight is 187 g/mol. The van der Waals surface area contributed by atoms with Gasteiger partial charge in [-0.25, -0.2) is 0 Å². The third kappa shape index (κ3) is 4.04. The highest BCUT2D eigenvalue weighted by Gasteiger charge is 2.18. The van der Waals surface area contributed by atoms with Crippen LogP contribution in [0.2, 0.25) is 0 Å². The number of nitrogens with zero attached hydrogens (tertiary/aromatic N) is 1. The Hall–Kier alpha value is -0.160. The second-order valence-electron chi connectivity index (χ2n) is 4.02. The molecule has 0 amide bonds. The standard InChI is InChI=1S/C9H21N3O/c1-12-3-2-8(6-12)4-11-5-9(10)7-13/h8-9,11,13H,2-7,10H2,1H3. The maximum Gasteiger partial charge on any atom is 0.0594 e. The molecule has 2 atom stereocenters. The summed E-state index contributed by atoms with van der Waals surface area (Å²) in [5.41, 5.74) is 5.56. The van der Waals surface area contributed by atoms with E-state index in [0.29, 0.717) is 0 Å². The normalized spacial score (nSPS) is 26.5. The van der Waals surface area contributed by atoms with Gasteiger partial charge in [-0.05, 0) is 32.5 Å². The van der Waals surface area contributed by atoms with Crippen molar-refractivity contribution < 1.29 is 5.11 Å². The largest absolute Gasteiger partial charge is 0.395 e. The van der Waals surface area contributed by atoms with Crippen molar-refractivity contribution >= 4 is 0 Å². The molecule has 1 rings (SSSR count). The Kier molecular flexibility index (Phi) is 4.66. The van der Waals surface area contributed by atoms with Gasteiger partial charge in [-0.2, -0.15) is 0 Å². The zero-order valence-electron chi connectivity index (χ0n) is 8.37. The zero-order valence-corrected chi connectivity index (χ0v) is 8.37. The van der Waals surface area contributed by atoms with Crippen LogP contribution in [0.15, 0.2) is 0 Å². The van der Waals surface area contributed by atoms with Gasteiger partial charge in [0.25, 0.3) is 0 Å². The molecule has 1 saturated heterocycles. The lowest BCUT2D eigenvalue weighted by molar-refractivity contribution is 0.260. The van der Waals surface area contributed by atoms with Crippen molar-refractivity contribution in [1.29, 1.82) is 0 Å². The number of aliphatic hydroxyl groups excluding tert-OH is 1. The highest BCUT2D eigenvalue weighted by atomic mass is 16.3. The summed E-state index contributed by atoms with van der Waals surface area (Å²) >= 11 is 0. The first-order chi connectivity index (χ1) is 6.22. The van der Waals surface area contributed by atoms with E-state index in [0.717, 1.165) is 19.0 Å². The summed E-state index contributed by atoms with van der Waals surface area (Å²) in [6.07, 6.45) is 1.28. The van der Waals surface area contributed by atoms with Crippen LogP contribution in [0, 0.1) is 5.92 Å². The highest BCUT2D eigenvalue weighted by Crippen LogP contribution is 2.12. The van der Waals surface area contributed by atoms with Crippen molar-refractivity contribution in [1.82, 2.24) is 10.2 Å². The van der Waals surface area contributed by atoms with Crippen molar-refractivity contribution in [2.24, 2.45) is 11.7 Å². The van der Waals surface area contributed by atoms with Gasteiger partial charge in [0.05, 0.1) is 6.61 Å². The van der Waals surface area contributed by atoms with Gasteiger partial charge in [0.2, 0.25) is 0 Å². The predicted molar refractivity (Wildman–Crippen MR) is 53.5 cm³/mol. The summed E-state index contributed by atoms with van der Waals surface area (Å²) in [4.78, 5) is 2.35. The van der Waals surface area contributed by atoms with Gasteiger partial charge < -0.3 is 21.1 Å². The molecule has 1 aliphatic heterocycles. The summed E-state index contributed by atoms with van der Waals surface area (Å²) in [6, 6.07) is -0.112. The first kappa shape index (κ1) is 10.9. The highest BCUT2D eigenvalue weighted by molar-refractivity contribution is 4.75. The second kappa shape index (κ2) is 5.54. The van der Waals surface area contributed by atoms with Crippen LogP contribution in [0.4, 0.5) is 0 Å². The fraction of sp³-hybridized carbons (Fsp3) is 1.00. The van der Waals surface area contributed by atoms with E-state index in [9.17, 15) is 0 Å². The fourth-order valence-corrected chi connectivity index (χ4v) is 1.73. The van der Waals surface area contributed by atoms with Gasteiger partial charge in [-0.3, -0.25) is 0 Å². The molecule has 0 aromatic rings. The van der Waals surface area contributed by atoms with E-state index in [2.05, 4.69) is 17.3 Å². The maximum atomic E-state index is 8.70. The molecule has 4 nitrogen and oxygen atoms in total. The van der Waals surface area contributed by atoms with E-state index in [1.807, 2.05) is 0 Å². The molecular formula is C9H21N3O. The van der Waals surface area contributed by atoms with Crippen LogP contribution in [-0.2, 0) is 0 Å². The van der Waals surface area contributed by atoms with Gasteiger partial charge in [-0.15, -0.1) is 0 Å². The molecule has 4 heteroatoms. The van der Waals surface area contributed by atoms with Crippen molar-refractivity contribution in [3.63, 3.8) is 0 Å². The molecule has 2 unspecified atom stereocenters. The van der Waals surface area contributed by atoms with Gasteiger partial charge >= 0.3 is 0 Å². The molecule has 0 aromatic carbocycles. The van der Waals surface area contributed by atoms with Crippen LogP contribution in [-0.4, -0.2) is 55.9 Å². The molecule has 1 aliphatic rings. The number of nitrogens with two attached hydrogens (primary N) is 1. The molecule has 0 spiro atoms. The average Bonchev–Trinajstić information content (AvgIpc) is 2.51. The number of nitrogens with one attached hydrogen (secondary N) is 1. The molecule has 1 heterocycles. The van der Waals surface area contributed by atoms with Crippen LogP contribution in [0.3, 0.4) is 0 Å². The predicted octanol–water partition coefficient (Wildman–Crippen LogP) is -1.15. The first-order valence-corrected chi connectivity index (χ1v) is 4.98. The lowest BCUT2D eigenvalue weighted by atomic mass is 10.1. The van der Waals surface area contributed by atoms with Crippen LogP contribution < -0.4 is 11.1 Å². The quantitative estimate of drug-likeness (QED) is 0.508. The number of rotatable bonds is 5. The van der Waals surface area contributed by atoms with Crippen molar-refractivity contribution in [2.45, 2.75) is 12.5 Å². The Morgan fingerprint density at radius 1 is 1.69 bits per heavy atom. The first-order valence-electron chi connectivity index (χ1n) is 4.98. The second-order valence-corrected chi connectivity index (χ2v) is 4.02. The Bertz CT molecular complexity index is 143. The fourth-order valence-electron chi connectivity index (χ4n) is 1.73. The Morgan fingerprint density at radius 3 is 3.00 bits per heavy atom. The third-order valence-corrected chi connectivity index (χ3v) is 2.56. The number of aliphatic hydroxyl groups is 1. The van der Waals surface area contributed by atoms with E-state index >= 15 is 0 Å². The molecule has 0 bridgehead atoms. The minimum absolute atomic E-state index is 0.0670. The number of hydrogen-bond donors (Lipinski definition) is 3. The van der Waals surface area contributed by atoms with E-state index in [1.54, 1.807) is 0 Å². The molecule has 0 radical (unpaired) electrons. The van der Waals surface area contributed by atoms with Crippen LogP contribution in [0.1, 0.15) is 6.42 Å². The van der Waals surface area contributed by atoms with Gasteiger partial charge in [-0.1, -0.05) is 0 Å². The Balaban J connectivity index is 2.00. The molecule has 13 heavy (non-hydrogen) atoms. The maximum absolute atomic E-state index is 8.70. The summed E-state index contributed by atoms with van der Waals surface area (Å²) in [5, 5.41) is 12.0. The topological polar surface area (TPSA) is 61.5 Å². The molecule has 0 saturated carbocycles.